The fourth-order valence-corrected chi connectivity index (χ4v) is 3.32. The van der Waals surface area contributed by atoms with Crippen LogP contribution in [0.3, 0.4) is 0 Å². The quantitative estimate of drug-likeness (QED) is 0.219. The lowest BCUT2D eigenvalue weighted by atomic mass is 10.1. The molecule has 0 saturated heterocycles. The Bertz CT molecular complexity index is 1300. The molecule has 0 saturated carbocycles. The van der Waals surface area contributed by atoms with Crippen molar-refractivity contribution in [2.45, 2.75) is 19.3 Å². The second-order valence-electron chi connectivity index (χ2n) is 6.86. The Labute approximate surface area is 171 Å². The molecule has 10 heteroatoms. The first-order valence-electron chi connectivity index (χ1n) is 8.99. The number of pyridine rings is 1. The average molecular weight is 436 g/mol. The van der Waals surface area contributed by atoms with Crippen LogP contribution < -0.4 is 5.43 Å². The lowest BCUT2D eigenvalue weighted by Gasteiger charge is -2.15. The molecular formula is C21H14F6N4. The van der Waals surface area contributed by atoms with E-state index >= 15 is 0 Å². The van der Waals surface area contributed by atoms with Gasteiger partial charge in [0.05, 0.1) is 23.0 Å². The van der Waals surface area contributed by atoms with Crippen molar-refractivity contribution in [2.75, 3.05) is 5.43 Å². The molecule has 0 aliphatic heterocycles. The Balaban J connectivity index is 1.79. The van der Waals surface area contributed by atoms with Gasteiger partial charge in [0.15, 0.2) is 0 Å². The summed E-state index contributed by atoms with van der Waals surface area (Å²) in [6.07, 6.45) is -6.73. The Morgan fingerprint density at radius 2 is 1.68 bits per heavy atom. The van der Waals surface area contributed by atoms with Gasteiger partial charge in [0.1, 0.15) is 5.69 Å². The van der Waals surface area contributed by atoms with Gasteiger partial charge in [-0.05, 0) is 24.6 Å². The van der Waals surface area contributed by atoms with Crippen LogP contribution in [-0.4, -0.2) is 16.2 Å². The second-order valence-corrected chi connectivity index (χ2v) is 6.86. The smallest absolute Gasteiger partial charge is 0.360 e. The van der Waals surface area contributed by atoms with Crippen LogP contribution in [0.4, 0.5) is 32.0 Å². The SMILES string of the molecule is Cc1cccc2c(/C=N/Nc3cc(C(F)(F)F)nc4c(C(F)(F)F)cccc34)c[nH]c12. The molecule has 0 fully saturated rings. The zero-order chi connectivity index (χ0) is 22.4. The largest absolute Gasteiger partial charge is 0.433 e. The normalized spacial score (nSPS) is 12.9. The number of hydrogen-bond acceptors (Lipinski definition) is 3. The first kappa shape index (κ1) is 20.7. The summed E-state index contributed by atoms with van der Waals surface area (Å²) in [5.74, 6) is 0. The summed E-state index contributed by atoms with van der Waals surface area (Å²) in [5, 5.41) is 4.68. The molecule has 4 rings (SSSR count). The zero-order valence-corrected chi connectivity index (χ0v) is 15.9. The van der Waals surface area contributed by atoms with Gasteiger partial charge in [0.2, 0.25) is 0 Å². The van der Waals surface area contributed by atoms with Crippen molar-refractivity contribution < 1.29 is 26.3 Å². The molecule has 0 unspecified atom stereocenters. The number of alkyl halides is 6. The number of aromatic nitrogens is 2. The Hall–Kier alpha value is -3.56. The fourth-order valence-electron chi connectivity index (χ4n) is 3.32. The van der Waals surface area contributed by atoms with E-state index < -0.39 is 29.1 Å². The van der Waals surface area contributed by atoms with Crippen molar-refractivity contribution in [1.82, 2.24) is 9.97 Å². The van der Waals surface area contributed by atoms with Crippen molar-refractivity contribution in [3.63, 3.8) is 0 Å². The molecule has 0 bridgehead atoms. The van der Waals surface area contributed by atoms with E-state index in [1.54, 1.807) is 6.20 Å². The van der Waals surface area contributed by atoms with Gasteiger partial charge in [-0.25, -0.2) is 4.98 Å². The predicted molar refractivity (Wildman–Crippen MR) is 106 cm³/mol. The highest BCUT2D eigenvalue weighted by atomic mass is 19.4. The van der Waals surface area contributed by atoms with E-state index in [1.165, 1.54) is 12.3 Å². The van der Waals surface area contributed by atoms with E-state index in [4.69, 9.17) is 0 Å². The maximum absolute atomic E-state index is 13.3. The number of H-pyrrole nitrogens is 1. The molecule has 31 heavy (non-hydrogen) atoms. The maximum Gasteiger partial charge on any atom is 0.433 e. The summed E-state index contributed by atoms with van der Waals surface area (Å²) in [6, 6.07) is 9.30. The number of para-hydroxylation sites is 2. The molecule has 2 heterocycles. The standard InChI is InChI=1S/C21H14F6N4/c1-11-4-2-5-13-12(9-28-18(11)13)10-29-31-16-8-17(21(25,26)27)30-19-14(16)6-3-7-15(19)20(22,23)24/h2-10,28H,1H3,(H,30,31)/b29-10+. The van der Waals surface area contributed by atoms with Crippen molar-refractivity contribution in [3.05, 3.63) is 71.0 Å². The van der Waals surface area contributed by atoms with Gasteiger partial charge in [0, 0.05) is 28.0 Å². The molecule has 160 valence electrons. The molecule has 2 aromatic heterocycles. The summed E-state index contributed by atoms with van der Waals surface area (Å²) in [6.45, 7) is 1.91. The Morgan fingerprint density at radius 1 is 0.968 bits per heavy atom. The van der Waals surface area contributed by atoms with Gasteiger partial charge in [0.25, 0.3) is 0 Å². The molecule has 0 amide bonds. The number of rotatable bonds is 3. The van der Waals surface area contributed by atoms with Crippen molar-refractivity contribution >= 4 is 33.7 Å². The number of nitrogens with zero attached hydrogens (tertiary/aromatic N) is 2. The van der Waals surface area contributed by atoms with Gasteiger partial charge >= 0.3 is 12.4 Å². The number of aromatic amines is 1. The number of anilines is 1. The van der Waals surface area contributed by atoms with Gasteiger partial charge in [-0.2, -0.15) is 31.4 Å². The first-order valence-corrected chi connectivity index (χ1v) is 8.99. The van der Waals surface area contributed by atoms with Crippen LogP contribution >= 0.6 is 0 Å². The van der Waals surface area contributed by atoms with Crippen LogP contribution in [0.15, 0.2) is 53.8 Å². The number of halogens is 6. The van der Waals surface area contributed by atoms with Crippen LogP contribution in [0.1, 0.15) is 22.4 Å². The number of fused-ring (bicyclic) bond motifs is 2. The van der Waals surface area contributed by atoms with Crippen LogP contribution in [-0.2, 0) is 12.4 Å². The summed E-state index contributed by atoms with van der Waals surface area (Å²) in [5.41, 5.74) is 1.25. The molecule has 4 aromatic rings. The van der Waals surface area contributed by atoms with Gasteiger partial charge < -0.3 is 4.98 Å². The van der Waals surface area contributed by atoms with Crippen LogP contribution in [0.2, 0.25) is 0 Å². The second kappa shape index (κ2) is 7.29. The maximum atomic E-state index is 13.3. The monoisotopic (exact) mass is 436 g/mol. The molecular weight excluding hydrogens is 422 g/mol. The Kier molecular flexibility index (Phi) is 4.87. The first-order chi connectivity index (χ1) is 14.6. The minimum Gasteiger partial charge on any atom is -0.360 e. The van der Waals surface area contributed by atoms with E-state index in [2.05, 4.69) is 20.5 Å². The number of hydrogen-bond donors (Lipinski definition) is 2. The highest BCUT2D eigenvalue weighted by Gasteiger charge is 2.37. The number of hydrazone groups is 1. The summed E-state index contributed by atoms with van der Waals surface area (Å²) < 4.78 is 79.8. The van der Waals surface area contributed by atoms with Crippen molar-refractivity contribution in [2.24, 2.45) is 5.10 Å². The topological polar surface area (TPSA) is 53.1 Å². The van der Waals surface area contributed by atoms with E-state index in [0.717, 1.165) is 22.5 Å². The van der Waals surface area contributed by atoms with Crippen LogP contribution in [0.25, 0.3) is 21.8 Å². The van der Waals surface area contributed by atoms with Crippen LogP contribution in [0, 0.1) is 6.92 Å². The molecule has 2 aromatic carbocycles. The van der Waals surface area contributed by atoms with Crippen molar-refractivity contribution in [3.8, 4) is 0 Å². The molecule has 0 radical (unpaired) electrons. The van der Waals surface area contributed by atoms with Gasteiger partial charge in [-0.3, -0.25) is 5.43 Å². The lowest BCUT2D eigenvalue weighted by molar-refractivity contribution is -0.142. The predicted octanol–water partition coefficient (Wildman–Crippen LogP) is 6.51. The van der Waals surface area contributed by atoms with E-state index in [1.807, 2.05) is 25.1 Å². The van der Waals surface area contributed by atoms with E-state index in [0.29, 0.717) is 17.7 Å². The molecule has 0 aliphatic rings. The molecule has 0 spiro atoms. The molecule has 2 N–H and O–H groups in total. The summed E-state index contributed by atoms with van der Waals surface area (Å²) in [4.78, 5) is 6.33. The van der Waals surface area contributed by atoms with Crippen molar-refractivity contribution in [1.29, 1.82) is 0 Å². The highest BCUT2D eigenvalue weighted by molar-refractivity contribution is 6.00. The molecule has 0 atom stereocenters. The average Bonchev–Trinajstić information content (AvgIpc) is 3.10. The minimum absolute atomic E-state index is 0.130. The fraction of sp³-hybridized carbons (Fsp3) is 0.143. The zero-order valence-electron chi connectivity index (χ0n) is 15.9. The van der Waals surface area contributed by atoms with Gasteiger partial charge in [-0.1, -0.05) is 30.3 Å². The van der Waals surface area contributed by atoms with E-state index in [9.17, 15) is 26.3 Å². The summed E-state index contributed by atoms with van der Waals surface area (Å²) >= 11 is 0. The number of aryl methyl sites for hydroxylation is 1. The summed E-state index contributed by atoms with van der Waals surface area (Å²) in [7, 11) is 0. The molecule has 4 nitrogen and oxygen atoms in total. The number of nitrogens with one attached hydrogen (secondary N) is 2. The number of benzene rings is 2. The molecule has 0 aliphatic carbocycles. The highest BCUT2D eigenvalue weighted by Crippen LogP contribution is 2.39. The lowest BCUT2D eigenvalue weighted by Crippen LogP contribution is -2.12. The minimum atomic E-state index is -4.93. The third-order valence-corrected chi connectivity index (χ3v) is 4.78. The third-order valence-electron chi connectivity index (χ3n) is 4.78. The third kappa shape index (κ3) is 3.92. The van der Waals surface area contributed by atoms with Crippen LogP contribution in [0.5, 0.6) is 0 Å². The van der Waals surface area contributed by atoms with Gasteiger partial charge in [-0.15, -0.1) is 0 Å². The van der Waals surface area contributed by atoms with E-state index in [-0.39, 0.29) is 11.1 Å². The Morgan fingerprint density at radius 3 is 2.39 bits per heavy atom.